The number of ether oxygens (including phenoxy) is 1. The molecule has 1 atom stereocenters. The molecule has 3 nitrogen and oxygen atoms in total. The largest absolute Gasteiger partial charge is 0.497 e. The maximum absolute atomic E-state index is 5.25. The first-order valence-corrected chi connectivity index (χ1v) is 8.23. The van der Waals surface area contributed by atoms with E-state index in [-0.39, 0.29) is 6.04 Å². The Labute approximate surface area is 136 Å². The molecule has 3 aromatic rings. The Morgan fingerprint density at radius 3 is 2.67 bits per heavy atom. The van der Waals surface area contributed by atoms with Crippen LogP contribution in [0.2, 0.25) is 0 Å². The molecule has 108 valence electrons. The molecular weight excluding hydrogens is 348 g/mol. The van der Waals surface area contributed by atoms with Gasteiger partial charge in [-0.2, -0.15) is 0 Å². The molecule has 0 radical (unpaired) electrons. The van der Waals surface area contributed by atoms with E-state index >= 15 is 0 Å². The lowest BCUT2D eigenvalue weighted by Gasteiger charge is -2.13. The molecule has 0 aliphatic heterocycles. The first-order chi connectivity index (χ1) is 10.2. The van der Waals surface area contributed by atoms with Crippen LogP contribution in [0.3, 0.4) is 0 Å². The molecule has 0 saturated heterocycles. The lowest BCUT2D eigenvalue weighted by molar-refractivity contribution is 0.415. The van der Waals surface area contributed by atoms with Gasteiger partial charge in [-0.1, -0.05) is 39.4 Å². The Bertz CT molecular complexity index is 755. The molecular formula is C16H15BrN2OS. The third-order valence-electron chi connectivity index (χ3n) is 3.31. The summed E-state index contributed by atoms with van der Waals surface area (Å²) in [6, 6.07) is 14.5. The zero-order valence-electron chi connectivity index (χ0n) is 11.8. The van der Waals surface area contributed by atoms with Crippen molar-refractivity contribution in [3.05, 3.63) is 52.5 Å². The summed E-state index contributed by atoms with van der Waals surface area (Å²) in [6.07, 6.45) is 0. The standard InChI is InChI=1S/C16H15BrN2OS/c1-10(11-3-5-12(17)6-4-11)18-16-19-14-8-7-13(20-2)9-15(14)21-16/h3-10H,1-2H3,(H,18,19). The lowest BCUT2D eigenvalue weighted by atomic mass is 10.1. The Kier molecular flexibility index (Phi) is 4.12. The third kappa shape index (κ3) is 3.19. The third-order valence-corrected chi connectivity index (χ3v) is 4.78. The second-order valence-electron chi connectivity index (χ2n) is 4.77. The van der Waals surface area contributed by atoms with Crippen LogP contribution in [0, 0.1) is 0 Å². The molecule has 0 bridgehead atoms. The van der Waals surface area contributed by atoms with Crippen LogP contribution >= 0.6 is 27.3 Å². The van der Waals surface area contributed by atoms with Gasteiger partial charge < -0.3 is 10.1 Å². The second kappa shape index (κ2) is 6.03. The summed E-state index contributed by atoms with van der Waals surface area (Å²) in [5.74, 6) is 0.860. The van der Waals surface area contributed by atoms with Crippen LogP contribution in [0.1, 0.15) is 18.5 Å². The zero-order chi connectivity index (χ0) is 14.8. The summed E-state index contributed by atoms with van der Waals surface area (Å²) in [7, 11) is 1.68. The summed E-state index contributed by atoms with van der Waals surface area (Å²) in [4.78, 5) is 4.61. The molecule has 0 fully saturated rings. The van der Waals surface area contributed by atoms with Gasteiger partial charge in [0.05, 0.1) is 23.4 Å². The first-order valence-electron chi connectivity index (χ1n) is 6.62. The Morgan fingerprint density at radius 2 is 1.95 bits per heavy atom. The van der Waals surface area contributed by atoms with Gasteiger partial charge in [-0.05, 0) is 42.8 Å². The van der Waals surface area contributed by atoms with Crippen molar-refractivity contribution in [2.45, 2.75) is 13.0 Å². The number of methoxy groups -OCH3 is 1. The highest BCUT2D eigenvalue weighted by atomic mass is 79.9. The molecule has 0 saturated carbocycles. The maximum Gasteiger partial charge on any atom is 0.184 e. The fourth-order valence-corrected chi connectivity index (χ4v) is 3.36. The molecule has 1 heterocycles. The minimum absolute atomic E-state index is 0.209. The van der Waals surface area contributed by atoms with Crippen LogP contribution < -0.4 is 10.1 Å². The lowest BCUT2D eigenvalue weighted by Crippen LogP contribution is -2.05. The Balaban J connectivity index is 1.82. The van der Waals surface area contributed by atoms with Crippen molar-refractivity contribution in [1.29, 1.82) is 0 Å². The Morgan fingerprint density at radius 1 is 1.19 bits per heavy atom. The second-order valence-corrected chi connectivity index (χ2v) is 6.72. The molecule has 2 aromatic carbocycles. The number of rotatable bonds is 4. The van der Waals surface area contributed by atoms with Gasteiger partial charge in [-0.25, -0.2) is 4.98 Å². The van der Waals surface area contributed by atoms with Gasteiger partial charge in [0, 0.05) is 4.47 Å². The summed E-state index contributed by atoms with van der Waals surface area (Å²) < 4.78 is 7.46. The van der Waals surface area contributed by atoms with Gasteiger partial charge >= 0.3 is 0 Å². The molecule has 0 aliphatic rings. The predicted octanol–water partition coefficient (Wildman–Crippen LogP) is 5.24. The minimum Gasteiger partial charge on any atom is -0.497 e. The van der Waals surface area contributed by atoms with Gasteiger partial charge in [0.1, 0.15) is 5.75 Å². The van der Waals surface area contributed by atoms with Gasteiger partial charge in [0.15, 0.2) is 5.13 Å². The van der Waals surface area contributed by atoms with E-state index in [1.54, 1.807) is 18.4 Å². The normalized spacial score (nSPS) is 12.3. The number of nitrogens with zero attached hydrogens (tertiary/aromatic N) is 1. The predicted molar refractivity (Wildman–Crippen MR) is 92.4 cm³/mol. The van der Waals surface area contributed by atoms with E-state index in [0.29, 0.717) is 0 Å². The van der Waals surface area contributed by atoms with E-state index in [1.807, 2.05) is 18.2 Å². The van der Waals surface area contributed by atoms with Crippen LogP contribution in [0.4, 0.5) is 5.13 Å². The average molecular weight is 363 g/mol. The number of benzene rings is 2. The molecule has 21 heavy (non-hydrogen) atoms. The van der Waals surface area contributed by atoms with Gasteiger partial charge in [-0.15, -0.1) is 0 Å². The number of halogens is 1. The first kappa shape index (κ1) is 14.4. The van der Waals surface area contributed by atoms with Crippen molar-refractivity contribution in [1.82, 2.24) is 4.98 Å². The minimum atomic E-state index is 0.209. The van der Waals surface area contributed by atoms with Crippen molar-refractivity contribution in [2.75, 3.05) is 12.4 Å². The summed E-state index contributed by atoms with van der Waals surface area (Å²) in [5.41, 5.74) is 2.22. The molecule has 0 spiro atoms. The number of thiazole rings is 1. The maximum atomic E-state index is 5.25. The van der Waals surface area contributed by atoms with E-state index in [2.05, 4.69) is 57.4 Å². The molecule has 0 amide bonds. The smallest absolute Gasteiger partial charge is 0.184 e. The molecule has 1 aromatic heterocycles. The number of hydrogen-bond donors (Lipinski definition) is 1. The van der Waals surface area contributed by atoms with Crippen molar-refractivity contribution in [3.8, 4) is 5.75 Å². The van der Waals surface area contributed by atoms with Gasteiger partial charge in [0.25, 0.3) is 0 Å². The monoisotopic (exact) mass is 362 g/mol. The number of fused-ring (bicyclic) bond motifs is 1. The highest BCUT2D eigenvalue weighted by molar-refractivity contribution is 9.10. The van der Waals surface area contributed by atoms with Gasteiger partial charge in [0.2, 0.25) is 0 Å². The highest BCUT2D eigenvalue weighted by Gasteiger charge is 2.09. The van der Waals surface area contributed by atoms with Crippen molar-refractivity contribution >= 4 is 42.6 Å². The molecule has 3 rings (SSSR count). The van der Waals surface area contributed by atoms with Crippen LogP contribution in [0.5, 0.6) is 5.75 Å². The summed E-state index contributed by atoms with van der Waals surface area (Å²) >= 11 is 5.10. The van der Waals surface area contributed by atoms with E-state index in [0.717, 1.165) is 25.6 Å². The van der Waals surface area contributed by atoms with Crippen LogP contribution in [0.25, 0.3) is 10.2 Å². The summed E-state index contributed by atoms with van der Waals surface area (Å²) in [5, 5.41) is 4.38. The van der Waals surface area contributed by atoms with E-state index < -0.39 is 0 Å². The molecule has 0 aliphatic carbocycles. The summed E-state index contributed by atoms with van der Waals surface area (Å²) in [6.45, 7) is 2.13. The topological polar surface area (TPSA) is 34.1 Å². The van der Waals surface area contributed by atoms with E-state index in [9.17, 15) is 0 Å². The molecule has 5 heteroatoms. The van der Waals surface area contributed by atoms with E-state index in [4.69, 9.17) is 4.74 Å². The SMILES string of the molecule is COc1ccc2nc(NC(C)c3ccc(Br)cc3)sc2c1. The zero-order valence-corrected chi connectivity index (χ0v) is 14.2. The highest BCUT2D eigenvalue weighted by Crippen LogP contribution is 2.31. The Hall–Kier alpha value is -1.59. The van der Waals surface area contributed by atoms with E-state index in [1.165, 1.54) is 5.56 Å². The number of nitrogens with one attached hydrogen (secondary N) is 1. The number of anilines is 1. The number of hydrogen-bond acceptors (Lipinski definition) is 4. The molecule has 1 N–H and O–H groups in total. The quantitative estimate of drug-likeness (QED) is 0.688. The van der Waals surface area contributed by atoms with Crippen molar-refractivity contribution in [3.63, 3.8) is 0 Å². The van der Waals surface area contributed by atoms with Crippen LogP contribution in [0.15, 0.2) is 46.9 Å². The van der Waals surface area contributed by atoms with Crippen LogP contribution in [-0.2, 0) is 0 Å². The molecule has 1 unspecified atom stereocenters. The fourth-order valence-electron chi connectivity index (χ4n) is 2.11. The average Bonchev–Trinajstić information content (AvgIpc) is 2.88. The van der Waals surface area contributed by atoms with Crippen molar-refractivity contribution < 1.29 is 4.74 Å². The van der Waals surface area contributed by atoms with Crippen LogP contribution in [-0.4, -0.2) is 12.1 Å². The fraction of sp³-hybridized carbons (Fsp3) is 0.188. The van der Waals surface area contributed by atoms with Gasteiger partial charge in [-0.3, -0.25) is 0 Å². The number of aromatic nitrogens is 1. The van der Waals surface area contributed by atoms with Crippen molar-refractivity contribution in [2.24, 2.45) is 0 Å².